The van der Waals surface area contributed by atoms with Gasteiger partial charge in [0.2, 0.25) is 11.8 Å². The summed E-state index contributed by atoms with van der Waals surface area (Å²) in [4.78, 5) is 27.9. The summed E-state index contributed by atoms with van der Waals surface area (Å²) in [5.74, 6) is -0.0612. The summed E-state index contributed by atoms with van der Waals surface area (Å²) < 4.78 is 5.32. The van der Waals surface area contributed by atoms with Gasteiger partial charge in [-0.3, -0.25) is 14.5 Å². The third-order valence-electron chi connectivity index (χ3n) is 4.26. The number of hydrogen-bond acceptors (Lipinski definition) is 4. The Labute approximate surface area is 143 Å². The lowest BCUT2D eigenvalue weighted by atomic mass is 10.2. The van der Waals surface area contributed by atoms with Crippen LogP contribution in [0.3, 0.4) is 0 Å². The molecule has 6 nitrogen and oxygen atoms in total. The van der Waals surface area contributed by atoms with Crippen LogP contribution in [0.2, 0.25) is 0 Å². The molecule has 1 N–H and O–H groups in total. The van der Waals surface area contributed by atoms with E-state index in [0.29, 0.717) is 19.5 Å². The van der Waals surface area contributed by atoms with Crippen LogP contribution in [0.15, 0.2) is 24.3 Å². The summed E-state index contributed by atoms with van der Waals surface area (Å²) in [7, 11) is 0. The Balaban J connectivity index is 1.76. The zero-order valence-electron chi connectivity index (χ0n) is 14.6. The zero-order valence-corrected chi connectivity index (χ0v) is 14.6. The number of carbonyl (C=O) groups is 2. The van der Waals surface area contributed by atoms with Crippen molar-refractivity contribution in [3.05, 3.63) is 29.8 Å². The number of aryl methyl sites for hydroxylation is 1. The third-order valence-corrected chi connectivity index (χ3v) is 4.26. The molecule has 0 aliphatic carbocycles. The molecule has 0 saturated carbocycles. The standard InChI is InChI=1S/C18H27N3O3/c1-15-5-3-4-6-17(15)19-18(23)7-8-21(16(2)22)10-9-20-11-13-24-14-12-20/h3-6H,7-14H2,1-2H3,(H,19,23). The predicted molar refractivity (Wildman–Crippen MR) is 93.9 cm³/mol. The maximum Gasteiger partial charge on any atom is 0.226 e. The van der Waals surface area contributed by atoms with E-state index in [9.17, 15) is 9.59 Å². The van der Waals surface area contributed by atoms with Crippen LogP contribution in [0.1, 0.15) is 18.9 Å². The quantitative estimate of drug-likeness (QED) is 0.821. The summed E-state index contributed by atoms with van der Waals surface area (Å²) in [6, 6.07) is 7.68. The van der Waals surface area contributed by atoms with E-state index in [0.717, 1.165) is 44.1 Å². The second kappa shape index (κ2) is 9.39. The van der Waals surface area contributed by atoms with Crippen molar-refractivity contribution in [3.63, 3.8) is 0 Å². The molecular weight excluding hydrogens is 306 g/mol. The van der Waals surface area contributed by atoms with Gasteiger partial charge in [0, 0.05) is 51.8 Å². The van der Waals surface area contributed by atoms with Gasteiger partial charge in [0.05, 0.1) is 13.2 Å². The fourth-order valence-corrected chi connectivity index (χ4v) is 2.68. The van der Waals surface area contributed by atoms with E-state index in [1.165, 1.54) is 0 Å². The van der Waals surface area contributed by atoms with Gasteiger partial charge in [0.15, 0.2) is 0 Å². The Hall–Kier alpha value is -1.92. The molecule has 1 fully saturated rings. The molecule has 1 heterocycles. The van der Waals surface area contributed by atoms with E-state index in [1.807, 2.05) is 31.2 Å². The molecule has 24 heavy (non-hydrogen) atoms. The number of carbonyl (C=O) groups excluding carboxylic acids is 2. The minimum atomic E-state index is -0.0677. The van der Waals surface area contributed by atoms with Gasteiger partial charge in [0.25, 0.3) is 0 Å². The van der Waals surface area contributed by atoms with Crippen LogP contribution in [0.5, 0.6) is 0 Å². The first kappa shape index (κ1) is 18.4. The predicted octanol–water partition coefficient (Wildman–Crippen LogP) is 1.50. The van der Waals surface area contributed by atoms with Gasteiger partial charge in [-0.25, -0.2) is 0 Å². The number of ether oxygens (including phenoxy) is 1. The van der Waals surface area contributed by atoms with Crippen LogP contribution in [-0.4, -0.2) is 67.6 Å². The Bertz CT molecular complexity index is 556. The second-order valence-electron chi connectivity index (χ2n) is 6.07. The van der Waals surface area contributed by atoms with E-state index >= 15 is 0 Å². The fourth-order valence-electron chi connectivity index (χ4n) is 2.68. The fraction of sp³-hybridized carbons (Fsp3) is 0.556. The van der Waals surface area contributed by atoms with Crippen LogP contribution in [-0.2, 0) is 14.3 Å². The Morgan fingerprint density at radius 2 is 1.92 bits per heavy atom. The van der Waals surface area contributed by atoms with Crippen molar-refractivity contribution in [3.8, 4) is 0 Å². The van der Waals surface area contributed by atoms with E-state index < -0.39 is 0 Å². The van der Waals surface area contributed by atoms with E-state index in [-0.39, 0.29) is 11.8 Å². The summed E-state index contributed by atoms with van der Waals surface area (Å²) in [5, 5.41) is 2.91. The first-order chi connectivity index (χ1) is 11.6. The van der Waals surface area contributed by atoms with Crippen molar-refractivity contribution in [2.24, 2.45) is 0 Å². The van der Waals surface area contributed by atoms with Crippen LogP contribution in [0.4, 0.5) is 5.69 Å². The first-order valence-electron chi connectivity index (χ1n) is 8.47. The topological polar surface area (TPSA) is 61.9 Å². The Morgan fingerprint density at radius 1 is 1.21 bits per heavy atom. The highest BCUT2D eigenvalue weighted by Gasteiger charge is 2.15. The van der Waals surface area contributed by atoms with Gasteiger partial charge in [-0.05, 0) is 18.6 Å². The van der Waals surface area contributed by atoms with Gasteiger partial charge >= 0.3 is 0 Å². The summed E-state index contributed by atoms with van der Waals surface area (Å²) in [6.07, 6.45) is 0.303. The van der Waals surface area contributed by atoms with Crippen LogP contribution in [0, 0.1) is 6.92 Å². The number of anilines is 1. The minimum Gasteiger partial charge on any atom is -0.379 e. The van der Waals surface area contributed by atoms with Gasteiger partial charge in [-0.15, -0.1) is 0 Å². The van der Waals surface area contributed by atoms with Crippen molar-refractivity contribution >= 4 is 17.5 Å². The van der Waals surface area contributed by atoms with Gasteiger partial charge < -0.3 is 15.0 Å². The molecule has 2 amide bonds. The summed E-state index contributed by atoms with van der Waals surface area (Å²) >= 11 is 0. The summed E-state index contributed by atoms with van der Waals surface area (Å²) in [6.45, 7) is 8.72. The molecular formula is C18H27N3O3. The highest BCUT2D eigenvalue weighted by atomic mass is 16.5. The molecule has 0 aromatic heterocycles. The van der Waals surface area contributed by atoms with Gasteiger partial charge in [0.1, 0.15) is 0 Å². The van der Waals surface area contributed by atoms with Crippen molar-refractivity contribution in [2.45, 2.75) is 20.3 Å². The Kier molecular flexibility index (Phi) is 7.21. The number of benzene rings is 1. The van der Waals surface area contributed by atoms with Crippen molar-refractivity contribution in [2.75, 3.05) is 51.3 Å². The Morgan fingerprint density at radius 3 is 2.58 bits per heavy atom. The molecule has 6 heteroatoms. The van der Waals surface area contributed by atoms with E-state index in [1.54, 1.807) is 11.8 Å². The first-order valence-corrected chi connectivity index (χ1v) is 8.47. The average Bonchev–Trinajstić information content (AvgIpc) is 2.57. The lowest BCUT2D eigenvalue weighted by Gasteiger charge is -2.29. The number of rotatable bonds is 7. The van der Waals surface area contributed by atoms with Crippen LogP contribution in [0.25, 0.3) is 0 Å². The van der Waals surface area contributed by atoms with Gasteiger partial charge in [-0.1, -0.05) is 18.2 Å². The van der Waals surface area contributed by atoms with Crippen LogP contribution < -0.4 is 5.32 Å². The maximum absolute atomic E-state index is 12.1. The average molecular weight is 333 g/mol. The number of amides is 2. The second-order valence-corrected chi connectivity index (χ2v) is 6.07. The number of nitrogens with zero attached hydrogens (tertiary/aromatic N) is 2. The van der Waals surface area contributed by atoms with E-state index in [4.69, 9.17) is 4.74 Å². The molecule has 1 aromatic rings. The van der Waals surface area contributed by atoms with Crippen molar-refractivity contribution in [1.82, 2.24) is 9.80 Å². The molecule has 0 unspecified atom stereocenters. The highest BCUT2D eigenvalue weighted by molar-refractivity contribution is 5.91. The molecule has 0 spiro atoms. The number of para-hydroxylation sites is 1. The highest BCUT2D eigenvalue weighted by Crippen LogP contribution is 2.13. The largest absolute Gasteiger partial charge is 0.379 e. The maximum atomic E-state index is 12.1. The van der Waals surface area contributed by atoms with Crippen LogP contribution >= 0.6 is 0 Å². The van der Waals surface area contributed by atoms with Gasteiger partial charge in [-0.2, -0.15) is 0 Å². The number of hydrogen-bond donors (Lipinski definition) is 1. The third kappa shape index (κ3) is 5.94. The number of morpholine rings is 1. The normalized spacial score (nSPS) is 15.1. The lowest BCUT2D eigenvalue weighted by molar-refractivity contribution is -0.129. The van der Waals surface area contributed by atoms with E-state index in [2.05, 4.69) is 10.2 Å². The molecule has 0 atom stereocenters. The molecule has 1 aliphatic heterocycles. The molecule has 2 rings (SSSR count). The smallest absolute Gasteiger partial charge is 0.226 e. The molecule has 132 valence electrons. The zero-order chi connectivity index (χ0) is 17.4. The SMILES string of the molecule is CC(=O)N(CCC(=O)Nc1ccccc1C)CCN1CCOCC1. The molecule has 1 aliphatic rings. The molecule has 1 saturated heterocycles. The molecule has 0 bridgehead atoms. The lowest BCUT2D eigenvalue weighted by Crippen LogP contribution is -2.43. The summed E-state index contributed by atoms with van der Waals surface area (Å²) in [5.41, 5.74) is 1.85. The molecule has 1 aromatic carbocycles. The minimum absolute atomic E-state index is 0.00644. The molecule has 0 radical (unpaired) electrons. The monoisotopic (exact) mass is 333 g/mol. The van der Waals surface area contributed by atoms with Crippen molar-refractivity contribution in [1.29, 1.82) is 0 Å². The number of nitrogens with one attached hydrogen (secondary N) is 1. The van der Waals surface area contributed by atoms with Crippen molar-refractivity contribution < 1.29 is 14.3 Å².